The van der Waals surface area contributed by atoms with Gasteiger partial charge in [0.25, 0.3) is 0 Å². The maximum Gasteiger partial charge on any atom is 0.318 e. The van der Waals surface area contributed by atoms with Crippen molar-refractivity contribution in [3.05, 3.63) is 95.9 Å². The number of carbonyl (C=O) groups excluding carboxylic acids is 3. The van der Waals surface area contributed by atoms with Crippen LogP contribution in [-0.2, 0) is 16.1 Å². The maximum atomic E-state index is 13.8. The van der Waals surface area contributed by atoms with Crippen molar-refractivity contribution in [2.45, 2.75) is 25.4 Å². The standard InChI is InChI=1S/C32H35FN6O3/c1-21(27-18-34-28-10-5-4-9-26(27)28)30(31(41)35-24-8-6-7-22(17-24)19-37(2)3)36-32(42)38-15-16-39(29(40)20-38)25-13-11-23(33)12-14-25/h4-14,17-18,21,30,34H,15-16,19-20H2,1-3H3,(H,35,41)(H,36,42)/t21-,30-/m1/s1. The number of benzene rings is 3. The van der Waals surface area contributed by atoms with E-state index in [9.17, 15) is 18.8 Å². The SMILES string of the molecule is C[C@H](c1c[nH]c2ccccc12)[C@@H](NC(=O)N1CCN(c2ccc(F)cc2)C(=O)C1)C(=O)Nc1cccc(CN(C)C)c1. The smallest absolute Gasteiger partial charge is 0.318 e. The number of aromatic amines is 1. The Morgan fingerprint density at radius 1 is 1.02 bits per heavy atom. The molecule has 3 N–H and O–H groups in total. The number of urea groups is 1. The summed E-state index contributed by atoms with van der Waals surface area (Å²) in [7, 11) is 3.95. The first-order chi connectivity index (χ1) is 20.2. The highest BCUT2D eigenvalue weighted by Crippen LogP contribution is 2.29. The lowest BCUT2D eigenvalue weighted by atomic mass is 9.92. The number of rotatable bonds is 8. The molecule has 1 fully saturated rings. The van der Waals surface area contributed by atoms with Gasteiger partial charge >= 0.3 is 6.03 Å². The maximum absolute atomic E-state index is 13.8. The minimum atomic E-state index is -0.931. The number of halogens is 1. The van der Waals surface area contributed by atoms with Crippen molar-refractivity contribution in [3.8, 4) is 0 Å². The van der Waals surface area contributed by atoms with Crippen LogP contribution < -0.4 is 15.5 Å². The lowest BCUT2D eigenvalue weighted by molar-refractivity contribution is -0.120. The summed E-state index contributed by atoms with van der Waals surface area (Å²) in [4.78, 5) is 48.5. The van der Waals surface area contributed by atoms with Gasteiger partial charge in [-0.2, -0.15) is 0 Å². The van der Waals surface area contributed by atoms with Gasteiger partial charge in [0, 0.05) is 54.0 Å². The minimum absolute atomic E-state index is 0.161. The third kappa shape index (κ3) is 6.44. The van der Waals surface area contributed by atoms with Gasteiger partial charge in [-0.15, -0.1) is 0 Å². The molecule has 218 valence electrons. The Bertz CT molecular complexity index is 1580. The zero-order chi connectivity index (χ0) is 29.8. The van der Waals surface area contributed by atoms with Crippen LogP contribution in [0.2, 0.25) is 0 Å². The summed E-state index contributed by atoms with van der Waals surface area (Å²) in [6.45, 7) is 2.97. The molecule has 0 saturated carbocycles. The van der Waals surface area contributed by atoms with E-state index in [1.165, 1.54) is 21.9 Å². The highest BCUT2D eigenvalue weighted by molar-refractivity contribution is 6.00. The number of hydrogen-bond acceptors (Lipinski definition) is 4. The van der Waals surface area contributed by atoms with Crippen LogP contribution in [0.4, 0.5) is 20.6 Å². The molecule has 5 rings (SSSR count). The zero-order valence-corrected chi connectivity index (χ0v) is 23.9. The van der Waals surface area contributed by atoms with Gasteiger partial charge in [-0.25, -0.2) is 9.18 Å². The van der Waals surface area contributed by atoms with Gasteiger partial charge < -0.3 is 30.3 Å². The Morgan fingerprint density at radius 3 is 2.52 bits per heavy atom. The van der Waals surface area contributed by atoms with Gasteiger partial charge in [0.2, 0.25) is 11.8 Å². The second kappa shape index (κ2) is 12.4. The summed E-state index contributed by atoms with van der Waals surface area (Å²) >= 11 is 0. The largest absolute Gasteiger partial charge is 0.361 e. The molecule has 4 aromatic rings. The van der Waals surface area contributed by atoms with Crippen molar-refractivity contribution < 1.29 is 18.8 Å². The summed E-state index contributed by atoms with van der Waals surface area (Å²) in [5.74, 6) is -1.43. The van der Waals surface area contributed by atoms with Crippen LogP contribution in [0.5, 0.6) is 0 Å². The number of aromatic nitrogens is 1. The Kier molecular flexibility index (Phi) is 8.53. The van der Waals surface area contributed by atoms with Crippen molar-refractivity contribution in [3.63, 3.8) is 0 Å². The lowest BCUT2D eigenvalue weighted by Crippen LogP contribution is -2.58. The normalized spacial score (nSPS) is 15.1. The lowest BCUT2D eigenvalue weighted by Gasteiger charge is -2.35. The van der Waals surface area contributed by atoms with Gasteiger partial charge in [-0.1, -0.05) is 37.3 Å². The second-order valence-electron chi connectivity index (χ2n) is 10.9. The number of hydrogen-bond donors (Lipinski definition) is 3. The number of anilines is 2. The van der Waals surface area contributed by atoms with Crippen LogP contribution >= 0.6 is 0 Å². The third-order valence-electron chi connectivity index (χ3n) is 7.51. The Hall–Kier alpha value is -4.70. The van der Waals surface area contributed by atoms with E-state index in [0.717, 1.165) is 22.0 Å². The predicted molar refractivity (Wildman–Crippen MR) is 162 cm³/mol. The van der Waals surface area contributed by atoms with Crippen molar-refractivity contribution in [2.24, 2.45) is 0 Å². The van der Waals surface area contributed by atoms with E-state index >= 15 is 0 Å². The van der Waals surface area contributed by atoms with E-state index < -0.39 is 18.0 Å². The molecule has 0 radical (unpaired) electrons. The van der Waals surface area contributed by atoms with E-state index in [1.54, 1.807) is 12.1 Å². The van der Waals surface area contributed by atoms with Gasteiger partial charge in [-0.05, 0) is 67.7 Å². The number of nitrogens with zero attached hydrogens (tertiary/aromatic N) is 3. The molecule has 0 unspecified atom stereocenters. The molecule has 1 saturated heterocycles. The van der Waals surface area contributed by atoms with Gasteiger partial charge in [0.1, 0.15) is 18.4 Å². The molecule has 0 aliphatic carbocycles. The first-order valence-electron chi connectivity index (χ1n) is 13.9. The monoisotopic (exact) mass is 570 g/mol. The summed E-state index contributed by atoms with van der Waals surface area (Å²) in [6.07, 6.45) is 1.87. The van der Waals surface area contributed by atoms with Gasteiger partial charge in [0.15, 0.2) is 0 Å². The van der Waals surface area contributed by atoms with Crippen molar-refractivity contribution in [1.82, 2.24) is 20.1 Å². The molecule has 2 heterocycles. The molecule has 4 amide bonds. The molecule has 10 heteroatoms. The first kappa shape index (κ1) is 28.8. The molecule has 1 aliphatic heterocycles. The van der Waals surface area contributed by atoms with E-state index in [1.807, 2.05) is 80.6 Å². The fourth-order valence-electron chi connectivity index (χ4n) is 5.37. The number of piperazine rings is 1. The Labute approximate surface area is 244 Å². The van der Waals surface area contributed by atoms with Gasteiger partial charge in [0.05, 0.1) is 0 Å². The molecule has 42 heavy (non-hydrogen) atoms. The number of H-pyrrole nitrogens is 1. The average Bonchev–Trinajstić information content (AvgIpc) is 3.40. The van der Waals surface area contributed by atoms with Crippen molar-refractivity contribution in [1.29, 1.82) is 0 Å². The van der Waals surface area contributed by atoms with E-state index in [4.69, 9.17) is 0 Å². The van der Waals surface area contributed by atoms with Crippen LogP contribution in [0, 0.1) is 5.82 Å². The fraction of sp³-hybridized carbons (Fsp3) is 0.281. The Balaban J connectivity index is 1.35. The quantitative estimate of drug-likeness (QED) is 0.290. The van der Waals surface area contributed by atoms with Crippen LogP contribution in [-0.4, -0.2) is 72.4 Å². The molecular weight excluding hydrogens is 535 g/mol. The number of amides is 4. The van der Waals surface area contributed by atoms with E-state index in [0.29, 0.717) is 17.9 Å². The minimum Gasteiger partial charge on any atom is -0.361 e. The Morgan fingerprint density at radius 2 is 1.79 bits per heavy atom. The number of para-hydroxylation sites is 1. The average molecular weight is 571 g/mol. The van der Waals surface area contributed by atoms with Crippen LogP contribution in [0.3, 0.4) is 0 Å². The van der Waals surface area contributed by atoms with E-state index in [2.05, 4.69) is 15.6 Å². The van der Waals surface area contributed by atoms with Crippen LogP contribution in [0.15, 0.2) is 79.0 Å². The molecule has 9 nitrogen and oxygen atoms in total. The highest BCUT2D eigenvalue weighted by Gasteiger charge is 2.34. The fourth-order valence-corrected chi connectivity index (χ4v) is 5.37. The number of nitrogens with one attached hydrogen (secondary N) is 3. The van der Waals surface area contributed by atoms with Crippen LogP contribution in [0.1, 0.15) is 24.0 Å². The molecule has 0 bridgehead atoms. The zero-order valence-electron chi connectivity index (χ0n) is 23.9. The summed E-state index contributed by atoms with van der Waals surface area (Å²) < 4.78 is 13.4. The summed E-state index contributed by atoms with van der Waals surface area (Å²) in [5.41, 5.74) is 4.07. The van der Waals surface area contributed by atoms with Gasteiger partial charge in [-0.3, -0.25) is 9.59 Å². The van der Waals surface area contributed by atoms with E-state index in [-0.39, 0.29) is 37.3 Å². The summed E-state index contributed by atoms with van der Waals surface area (Å²) in [5, 5.41) is 6.88. The molecule has 1 aromatic heterocycles. The molecular formula is C32H35FN6O3. The second-order valence-corrected chi connectivity index (χ2v) is 10.9. The predicted octanol–water partition coefficient (Wildman–Crippen LogP) is 4.54. The molecule has 2 atom stereocenters. The molecule has 0 spiro atoms. The highest BCUT2D eigenvalue weighted by atomic mass is 19.1. The molecule has 1 aliphatic rings. The summed E-state index contributed by atoms with van der Waals surface area (Å²) in [6, 6.07) is 19.7. The van der Waals surface area contributed by atoms with Crippen molar-refractivity contribution >= 4 is 40.1 Å². The van der Waals surface area contributed by atoms with Crippen LogP contribution in [0.25, 0.3) is 10.9 Å². The van der Waals surface area contributed by atoms with Crippen molar-refractivity contribution in [2.75, 3.05) is 43.9 Å². The number of fused-ring (bicyclic) bond motifs is 1. The third-order valence-corrected chi connectivity index (χ3v) is 7.51. The molecule has 3 aromatic carbocycles. The number of carbonyl (C=O) groups is 3. The topological polar surface area (TPSA) is 101 Å². The first-order valence-corrected chi connectivity index (χ1v) is 13.9.